The summed E-state index contributed by atoms with van der Waals surface area (Å²) >= 11 is 0. The number of hydrogen-bond donors (Lipinski definition) is 0. The zero-order chi connectivity index (χ0) is 18.5. The van der Waals surface area contributed by atoms with Gasteiger partial charge in [-0.1, -0.05) is 6.07 Å². The molecule has 7 nitrogen and oxygen atoms in total. The van der Waals surface area contributed by atoms with Crippen LogP contribution in [0, 0.1) is 0 Å². The van der Waals surface area contributed by atoms with Gasteiger partial charge in [0.15, 0.2) is 0 Å². The Balaban J connectivity index is 1.57. The summed E-state index contributed by atoms with van der Waals surface area (Å²) in [5.74, 6) is 0.566. The molecule has 1 fully saturated rings. The van der Waals surface area contributed by atoms with Crippen molar-refractivity contribution in [3.8, 4) is 11.9 Å². The molecule has 0 spiro atoms. The number of aromatic nitrogens is 2. The van der Waals surface area contributed by atoms with Gasteiger partial charge in [-0.2, -0.15) is 4.98 Å². The van der Waals surface area contributed by atoms with Crippen LogP contribution in [0.3, 0.4) is 0 Å². The van der Waals surface area contributed by atoms with Crippen LogP contribution in [0.4, 0.5) is 5.69 Å². The topological polar surface area (TPSA) is 67.8 Å². The lowest BCUT2D eigenvalue weighted by Gasteiger charge is -2.32. The van der Waals surface area contributed by atoms with Gasteiger partial charge in [0.1, 0.15) is 6.10 Å². The Labute approximate surface area is 153 Å². The summed E-state index contributed by atoms with van der Waals surface area (Å²) in [5, 5.41) is 0. The Morgan fingerprint density at radius 2 is 2.00 bits per heavy atom. The summed E-state index contributed by atoms with van der Waals surface area (Å²) in [7, 11) is 5.46. The Hall–Kier alpha value is -2.83. The molecule has 2 heterocycles. The van der Waals surface area contributed by atoms with E-state index in [9.17, 15) is 4.79 Å². The summed E-state index contributed by atoms with van der Waals surface area (Å²) in [6.07, 6.45) is 3.18. The SMILES string of the molecule is COc1nccc(OC2CCN(C(=O)c3cccc(N(C)C)c3)CC2)n1. The quantitative estimate of drug-likeness (QED) is 0.818. The zero-order valence-corrected chi connectivity index (χ0v) is 15.4. The predicted octanol–water partition coefficient (Wildman–Crippen LogP) is 2.23. The van der Waals surface area contributed by atoms with E-state index in [0.29, 0.717) is 19.0 Å². The van der Waals surface area contributed by atoms with E-state index in [1.165, 1.54) is 7.11 Å². The second-order valence-electron chi connectivity index (χ2n) is 6.44. The normalized spacial score (nSPS) is 14.8. The van der Waals surface area contributed by atoms with Crippen LogP contribution in [0.5, 0.6) is 11.9 Å². The van der Waals surface area contributed by atoms with Gasteiger partial charge in [-0.25, -0.2) is 4.98 Å². The highest BCUT2D eigenvalue weighted by Crippen LogP contribution is 2.21. The molecule has 0 atom stereocenters. The summed E-state index contributed by atoms with van der Waals surface area (Å²) in [5.41, 5.74) is 1.74. The maximum absolute atomic E-state index is 12.8. The van der Waals surface area contributed by atoms with E-state index < -0.39 is 0 Å². The maximum atomic E-state index is 12.8. The van der Waals surface area contributed by atoms with E-state index in [-0.39, 0.29) is 18.0 Å². The van der Waals surface area contributed by atoms with Crippen LogP contribution in [0.15, 0.2) is 36.5 Å². The van der Waals surface area contributed by atoms with Gasteiger partial charge in [0, 0.05) is 63.5 Å². The Morgan fingerprint density at radius 1 is 1.23 bits per heavy atom. The van der Waals surface area contributed by atoms with Gasteiger partial charge in [0.05, 0.1) is 7.11 Å². The van der Waals surface area contributed by atoms with Crippen LogP contribution in [0.1, 0.15) is 23.2 Å². The number of benzene rings is 1. The van der Waals surface area contributed by atoms with Crippen molar-refractivity contribution in [1.82, 2.24) is 14.9 Å². The molecule has 26 heavy (non-hydrogen) atoms. The van der Waals surface area contributed by atoms with Crippen molar-refractivity contribution >= 4 is 11.6 Å². The fourth-order valence-electron chi connectivity index (χ4n) is 2.94. The van der Waals surface area contributed by atoms with E-state index in [0.717, 1.165) is 24.1 Å². The number of carbonyl (C=O) groups excluding carboxylic acids is 1. The third-order valence-electron chi connectivity index (χ3n) is 4.42. The molecule has 2 aromatic rings. The van der Waals surface area contributed by atoms with Crippen LogP contribution < -0.4 is 14.4 Å². The second kappa shape index (κ2) is 8.03. The van der Waals surface area contributed by atoms with Gasteiger partial charge in [-0.05, 0) is 18.2 Å². The van der Waals surface area contributed by atoms with Gasteiger partial charge >= 0.3 is 6.01 Å². The molecule has 7 heteroatoms. The molecule has 0 saturated carbocycles. The van der Waals surface area contributed by atoms with Gasteiger partial charge < -0.3 is 19.3 Å². The minimum atomic E-state index is 0.0340. The number of carbonyl (C=O) groups is 1. The number of ether oxygens (including phenoxy) is 2. The number of likely N-dealkylation sites (tertiary alicyclic amines) is 1. The first-order valence-corrected chi connectivity index (χ1v) is 8.67. The first-order chi connectivity index (χ1) is 12.6. The van der Waals surface area contributed by atoms with Crippen molar-refractivity contribution in [2.45, 2.75) is 18.9 Å². The molecule has 1 amide bonds. The molecule has 0 aliphatic carbocycles. The molecule has 0 unspecified atom stereocenters. The van der Waals surface area contributed by atoms with Crippen LogP contribution >= 0.6 is 0 Å². The van der Waals surface area contributed by atoms with E-state index in [1.54, 1.807) is 12.3 Å². The molecule has 1 aromatic heterocycles. The summed E-state index contributed by atoms with van der Waals surface area (Å²) in [6, 6.07) is 9.71. The van der Waals surface area contributed by atoms with Crippen molar-refractivity contribution in [1.29, 1.82) is 0 Å². The Bertz CT molecular complexity index is 758. The molecule has 0 bridgehead atoms. The van der Waals surface area contributed by atoms with E-state index in [1.807, 2.05) is 48.2 Å². The smallest absolute Gasteiger partial charge is 0.319 e. The van der Waals surface area contributed by atoms with Crippen LogP contribution in [-0.4, -0.2) is 61.2 Å². The van der Waals surface area contributed by atoms with Gasteiger partial charge in [-0.15, -0.1) is 0 Å². The van der Waals surface area contributed by atoms with Crippen molar-refractivity contribution in [3.05, 3.63) is 42.1 Å². The molecule has 3 rings (SSSR count). The average molecular weight is 356 g/mol. The van der Waals surface area contributed by atoms with Gasteiger partial charge in [-0.3, -0.25) is 4.79 Å². The van der Waals surface area contributed by atoms with Crippen molar-refractivity contribution < 1.29 is 14.3 Å². The van der Waals surface area contributed by atoms with E-state index >= 15 is 0 Å². The molecule has 1 aromatic carbocycles. The molecule has 1 aliphatic rings. The van der Waals surface area contributed by atoms with Crippen LogP contribution in [0.2, 0.25) is 0 Å². The Kier molecular flexibility index (Phi) is 5.55. The van der Waals surface area contributed by atoms with Gasteiger partial charge in [0.25, 0.3) is 5.91 Å². The van der Waals surface area contributed by atoms with Crippen LogP contribution in [0.25, 0.3) is 0 Å². The van der Waals surface area contributed by atoms with Crippen LogP contribution in [-0.2, 0) is 0 Å². The third kappa shape index (κ3) is 4.22. The summed E-state index contributed by atoms with van der Waals surface area (Å²) < 4.78 is 10.9. The molecule has 1 saturated heterocycles. The second-order valence-corrected chi connectivity index (χ2v) is 6.44. The number of methoxy groups -OCH3 is 1. The number of piperidine rings is 1. The molecular formula is C19H24N4O3. The highest BCUT2D eigenvalue weighted by Gasteiger charge is 2.25. The lowest BCUT2D eigenvalue weighted by atomic mass is 10.1. The fraction of sp³-hybridized carbons (Fsp3) is 0.421. The Morgan fingerprint density at radius 3 is 2.69 bits per heavy atom. The maximum Gasteiger partial charge on any atom is 0.319 e. The number of amides is 1. The average Bonchev–Trinajstić information content (AvgIpc) is 2.68. The minimum Gasteiger partial charge on any atom is -0.474 e. The largest absolute Gasteiger partial charge is 0.474 e. The van der Waals surface area contributed by atoms with Gasteiger partial charge in [0.2, 0.25) is 5.88 Å². The first-order valence-electron chi connectivity index (χ1n) is 8.67. The number of anilines is 1. The van der Waals surface area contributed by atoms with Crippen molar-refractivity contribution in [2.24, 2.45) is 0 Å². The lowest BCUT2D eigenvalue weighted by molar-refractivity contribution is 0.0586. The zero-order valence-electron chi connectivity index (χ0n) is 15.4. The van der Waals surface area contributed by atoms with E-state index in [2.05, 4.69) is 9.97 Å². The first kappa shape index (κ1) is 18.0. The number of nitrogens with zero attached hydrogens (tertiary/aromatic N) is 4. The molecule has 0 radical (unpaired) electrons. The minimum absolute atomic E-state index is 0.0340. The molecule has 1 aliphatic heterocycles. The number of rotatable bonds is 5. The predicted molar refractivity (Wildman–Crippen MR) is 98.9 cm³/mol. The molecule has 0 N–H and O–H groups in total. The van der Waals surface area contributed by atoms with E-state index in [4.69, 9.17) is 9.47 Å². The highest BCUT2D eigenvalue weighted by atomic mass is 16.5. The highest BCUT2D eigenvalue weighted by molar-refractivity contribution is 5.95. The fourth-order valence-corrected chi connectivity index (χ4v) is 2.94. The molecular weight excluding hydrogens is 332 g/mol. The molecule has 138 valence electrons. The standard InChI is InChI=1S/C19H24N4O3/c1-22(2)15-6-4-5-14(13-15)18(24)23-11-8-16(9-12-23)26-17-7-10-20-19(21-17)25-3/h4-7,10,13,16H,8-9,11-12H2,1-3H3. The lowest BCUT2D eigenvalue weighted by Crippen LogP contribution is -2.41. The van der Waals surface area contributed by atoms with Crippen molar-refractivity contribution in [3.63, 3.8) is 0 Å². The van der Waals surface area contributed by atoms with Crippen molar-refractivity contribution in [2.75, 3.05) is 39.2 Å². The number of hydrogen-bond acceptors (Lipinski definition) is 6. The monoisotopic (exact) mass is 356 g/mol. The summed E-state index contributed by atoms with van der Waals surface area (Å²) in [4.78, 5) is 24.8. The summed E-state index contributed by atoms with van der Waals surface area (Å²) in [6.45, 7) is 1.33. The third-order valence-corrected chi connectivity index (χ3v) is 4.42.